The smallest absolute Gasteiger partial charge is 0.332 e. The zero-order chi connectivity index (χ0) is 8.85. The van der Waals surface area contributed by atoms with Crippen molar-refractivity contribution in [3.05, 3.63) is 11.8 Å². The van der Waals surface area contributed by atoms with Crippen LogP contribution >= 0.6 is 0 Å². The average molecular weight is 158 g/mol. The molecule has 62 valence electrons. The fourth-order valence-corrected chi connectivity index (χ4v) is 0.396. The van der Waals surface area contributed by atoms with Gasteiger partial charge in [0.2, 0.25) is 0 Å². The van der Waals surface area contributed by atoms with Crippen LogP contribution in [0.4, 0.5) is 0 Å². The second-order valence-electron chi connectivity index (χ2n) is 1.70. The van der Waals surface area contributed by atoms with Crippen molar-refractivity contribution in [2.75, 3.05) is 14.2 Å². The van der Waals surface area contributed by atoms with Crippen molar-refractivity contribution in [2.45, 2.75) is 0 Å². The van der Waals surface area contributed by atoms with Gasteiger partial charge in [0.25, 0.3) is 5.91 Å². The van der Waals surface area contributed by atoms with Crippen LogP contribution in [0.1, 0.15) is 0 Å². The summed E-state index contributed by atoms with van der Waals surface area (Å²) in [5, 5.41) is 2.25. The van der Waals surface area contributed by atoms with Gasteiger partial charge in [-0.05, 0) is 0 Å². The molecule has 0 aromatic carbocycles. The van der Waals surface area contributed by atoms with Crippen LogP contribution in [-0.4, -0.2) is 26.0 Å². The molecule has 0 saturated heterocycles. The van der Waals surface area contributed by atoms with Crippen LogP contribution in [0.2, 0.25) is 0 Å². The highest BCUT2D eigenvalue weighted by Gasteiger charge is 2.03. The summed E-state index contributed by atoms with van der Waals surface area (Å²) >= 11 is 0. The second kappa shape index (κ2) is 4.32. The number of esters is 1. The predicted molar refractivity (Wildman–Crippen MR) is 38.4 cm³/mol. The lowest BCUT2D eigenvalue weighted by molar-refractivity contribution is -0.135. The van der Waals surface area contributed by atoms with Crippen molar-refractivity contribution in [1.29, 1.82) is 0 Å². The van der Waals surface area contributed by atoms with Crippen molar-refractivity contribution in [3.8, 4) is 0 Å². The number of carbonyl (C=O) groups is 2. The largest absolute Gasteiger partial charge is 0.466 e. The Hall–Kier alpha value is -1.52. The Bertz CT molecular complexity index is 198. The molecule has 0 aliphatic rings. The Morgan fingerprint density at radius 3 is 2.45 bits per heavy atom. The van der Waals surface area contributed by atoms with Crippen molar-refractivity contribution in [1.82, 2.24) is 5.32 Å². The molecule has 0 saturated carbocycles. The number of methoxy groups -OCH3 is 1. The minimum absolute atomic E-state index is 0.167. The fourth-order valence-electron chi connectivity index (χ4n) is 0.396. The topological polar surface area (TPSA) is 81.4 Å². The molecule has 0 atom stereocenters. The lowest BCUT2D eigenvalue weighted by Crippen LogP contribution is -2.25. The van der Waals surface area contributed by atoms with E-state index >= 15 is 0 Å². The number of hydrogen-bond donors (Lipinski definition) is 2. The Labute approximate surface area is 64.2 Å². The fraction of sp³-hybridized carbons (Fsp3) is 0.333. The second-order valence-corrected chi connectivity index (χ2v) is 1.70. The molecule has 0 fully saturated rings. The molecular weight excluding hydrogens is 148 g/mol. The van der Waals surface area contributed by atoms with Gasteiger partial charge in [-0.15, -0.1) is 0 Å². The lowest BCUT2D eigenvalue weighted by atomic mass is 10.4. The Kier molecular flexibility index (Phi) is 3.72. The summed E-state index contributed by atoms with van der Waals surface area (Å²) in [4.78, 5) is 21.1. The summed E-state index contributed by atoms with van der Waals surface area (Å²) < 4.78 is 4.24. The van der Waals surface area contributed by atoms with Crippen LogP contribution in [-0.2, 0) is 14.3 Å². The van der Waals surface area contributed by atoms with E-state index in [4.69, 9.17) is 5.73 Å². The first-order chi connectivity index (χ1) is 5.11. The SMILES string of the molecule is CNC(=O)/C(N)=C/C(=O)OC. The summed E-state index contributed by atoms with van der Waals surface area (Å²) in [6, 6.07) is 0. The number of nitrogens with one attached hydrogen (secondary N) is 1. The molecule has 0 aromatic rings. The minimum atomic E-state index is -0.647. The zero-order valence-corrected chi connectivity index (χ0v) is 6.38. The molecule has 11 heavy (non-hydrogen) atoms. The van der Waals surface area contributed by atoms with Crippen molar-refractivity contribution in [2.24, 2.45) is 5.73 Å². The third kappa shape index (κ3) is 3.24. The third-order valence-corrected chi connectivity index (χ3v) is 0.964. The quantitative estimate of drug-likeness (QED) is 0.388. The molecule has 5 heteroatoms. The van der Waals surface area contributed by atoms with E-state index < -0.39 is 11.9 Å². The van der Waals surface area contributed by atoms with E-state index in [9.17, 15) is 9.59 Å². The predicted octanol–water partition coefficient (Wildman–Crippen LogP) is -1.25. The highest BCUT2D eigenvalue weighted by molar-refractivity contribution is 5.98. The van der Waals surface area contributed by atoms with Gasteiger partial charge >= 0.3 is 5.97 Å². The molecule has 1 amide bonds. The first kappa shape index (κ1) is 9.48. The Morgan fingerprint density at radius 1 is 1.55 bits per heavy atom. The maximum Gasteiger partial charge on any atom is 0.332 e. The number of ether oxygens (including phenoxy) is 1. The molecule has 0 radical (unpaired) electrons. The van der Waals surface area contributed by atoms with E-state index in [1.54, 1.807) is 0 Å². The zero-order valence-electron chi connectivity index (χ0n) is 6.38. The first-order valence-electron chi connectivity index (χ1n) is 2.89. The molecule has 0 spiro atoms. The molecule has 0 rings (SSSR count). The number of hydrogen-bond acceptors (Lipinski definition) is 4. The lowest BCUT2D eigenvalue weighted by Gasteiger charge is -1.97. The summed E-state index contributed by atoms with van der Waals surface area (Å²) in [5.41, 5.74) is 4.99. The standard InChI is InChI=1S/C6H10N2O3/c1-8-6(10)4(7)3-5(9)11-2/h3H,7H2,1-2H3,(H,8,10)/b4-3-. The maximum absolute atomic E-state index is 10.7. The highest BCUT2D eigenvalue weighted by Crippen LogP contribution is 1.84. The molecule has 3 N–H and O–H groups in total. The monoisotopic (exact) mass is 158 g/mol. The number of amides is 1. The van der Waals surface area contributed by atoms with Gasteiger partial charge in [-0.1, -0.05) is 0 Å². The van der Waals surface area contributed by atoms with E-state index in [1.807, 2.05) is 0 Å². The van der Waals surface area contributed by atoms with Crippen LogP contribution < -0.4 is 11.1 Å². The minimum Gasteiger partial charge on any atom is -0.466 e. The molecule has 0 aliphatic heterocycles. The van der Waals surface area contributed by atoms with Crippen LogP contribution in [0.5, 0.6) is 0 Å². The van der Waals surface area contributed by atoms with Crippen molar-refractivity contribution in [3.63, 3.8) is 0 Å². The molecule has 5 nitrogen and oxygen atoms in total. The third-order valence-electron chi connectivity index (χ3n) is 0.964. The van der Waals surface area contributed by atoms with Crippen molar-refractivity contribution < 1.29 is 14.3 Å². The molecule has 0 aliphatic carbocycles. The van der Waals surface area contributed by atoms with Gasteiger partial charge in [-0.3, -0.25) is 4.79 Å². The summed E-state index contributed by atoms with van der Waals surface area (Å²) in [5.74, 6) is -1.15. The maximum atomic E-state index is 10.7. The van der Waals surface area contributed by atoms with E-state index in [2.05, 4.69) is 10.1 Å². The number of carbonyl (C=O) groups excluding carboxylic acids is 2. The van der Waals surface area contributed by atoms with Gasteiger partial charge in [0, 0.05) is 7.05 Å². The number of nitrogens with two attached hydrogens (primary N) is 1. The van der Waals surface area contributed by atoms with Gasteiger partial charge in [0.1, 0.15) is 5.70 Å². The molecule has 0 heterocycles. The Morgan fingerprint density at radius 2 is 2.09 bits per heavy atom. The molecule has 0 aromatic heterocycles. The van der Waals surface area contributed by atoms with Crippen LogP contribution in [0.3, 0.4) is 0 Å². The van der Waals surface area contributed by atoms with Gasteiger partial charge in [-0.25, -0.2) is 4.79 Å². The van der Waals surface area contributed by atoms with Gasteiger partial charge < -0.3 is 15.8 Å². The normalized spacial score (nSPS) is 10.5. The summed E-state index contributed by atoms with van der Waals surface area (Å²) in [7, 11) is 2.62. The van der Waals surface area contributed by atoms with E-state index in [-0.39, 0.29) is 5.70 Å². The summed E-state index contributed by atoms with van der Waals surface area (Å²) in [6.45, 7) is 0. The number of rotatable bonds is 2. The van der Waals surface area contributed by atoms with E-state index in [0.717, 1.165) is 6.08 Å². The number of likely N-dealkylation sites (N-methyl/N-ethyl adjacent to an activating group) is 1. The van der Waals surface area contributed by atoms with Crippen LogP contribution in [0, 0.1) is 0 Å². The highest BCUT2D eigenvalue weighted by atomic mass is 16.5. The summed E-state index contributed by atoms with van der Waals surface area (Å²) in [6.07, 6.45) is 0.916. The Balaban J connectivity index is 4.21. The average Bonchev–Trinajstić information content (AvgIpc) is 2.02. The molecule has 0 bridgehead atoms. The van der Waals surface area contributed by atoms with Crippen LogP contribution in [0.15, 0.2) is 11.8 Å². The molecular formula is C6H10N2O3. The van der Waals surface area contributed by atoms with Gasteiger partial charge in [0.15, 0.2) is 0 Å². The first-order valence-corrected chi connectivity index (χ1v) is 2.89. The van der Waals surface area contributed by atoms with E-state index in [0.29, 0.717) is 0 Å². The molecule has 0 unspecified atom stereocenters. The van der Waals surface area contributed by atoms with Gasteiger partial charge in [-0.2, -0.15) is 0 Å². The van der Waals surface area contributed by atoms with Crippen molar-refractivity contribution >= 4 is 11.9 Å². The van der Waals surface area contributed by atoms with Gasteiger partial charge in [0.05, 0.1) is 13.2 Å². The van der Waals surface area contributed by atoms with E-state index in [1.165, 1.54) is 14.2 Å². The van der Waals surface area contributed by atoms with Crippen LogP contribution in [0.25, 0.3) is 0 Å².